The molecule has 2 aromatic carbocycles. The van der Waals surface area contributed by atoms with E-state index >= 15 is 0 Å². The number of hydrogen-bond acceptors (Lipinski definition) is 5. The van der Waals surface area contributed by atoms with Crippen LogP contribution in [-0.4, -0.2) is 21.4 Å². The van der Waals surface area contributed by atoms with E-state index in [1.165, 1.54) is 11.8 Å². The zero-order valence-electron chi connectivity index (χ0n) is 15.0. The van der Waals surface area contributed by atoms with Gasteiger partial charge in [-0.2, -0.15) is 0 Å². The Morgan fingerprint density at radius 3 is 2.46 bits per heavy atom. The molecule has 0 aliphatic carbocycles. The quantitative estimate of drug-likeness (QED) is 0.654. The second-order valence-electron chi connectivity index (χ2n) is 6.09. The monoisotopic (exact) mass is 367 g/mol. The van der Waals surface area contributed by atoms with Crippen LogP contribution in [0.2, 0.25) is 0 Å². The van der Waals surface area contributed by atoms with Gasteiger partial charge in [0.05, 0.1) is 11.3 Å². The highest BCUT2D eigenvalue weighted by Crippen LogP contribution is 2.28. The Morgan fingerprint density at radius 1 is 1.04 bits per heavy atom. The van der Waals surface area contributed by atoms with E-state index in [-0.39, 0.29) is 17.2 Å². The summed E-state index contributed by atoms with van der Waals surface area (Å²) >= 11 is 1.26. The number of nitrogens with one attached hydrogen (secondary N) is 1. The number of benzene rings is 2. The molecule has 0 aliphatic rings. The third-order valence-corrected chi connectivity index (χ3v) is 5.02. The average molecular weight is 367 g/mol. The molecule has 3 aromatic rings. The lowest BCUT2D eigenvalue weighted by atomic mass is 10.1. The fourth-order valence-electron chi connectivity index (χ4n) is 2.54. The molecule has 134 valence electrons. The molecular weight excluding hydrogens is 346 g/mol. The Balaban J connectivity index is 1.62. The highest BCUT2D eigenvalue weighted by atomic mass is 32.2. The van der Waals surface area contributed by atoms with Crippen molar-refractivity contribution < 1.29 is 9.21 Å². The molecule has 0 aliphatic heterocycles. The SMILES string of the molecule is Cc1ccccc1-c1nnc(SC(C)C(=O)NC(C)c2ccccc2)o1. The lowest BCUT2D eigenvalue weighted by molar-refractivity contribution is -0.120. The molecule has 2 unspecified atom stereocenters. The van der Waals surface area contributed by atoms with Crippen LogP contribution in [0.1, 0.15) is 31.0 Å². The number of carbonyl (C=O) groups excluding carboxylic acids is 1. The molecule has 1 heterocycles. The average Bonchev–Trinajstić information content (AvgIpc) is 3.11. The first-order valence-electron chi connectivity index (χ1n) is 8.46. The molecule has 6 heteroatoms. The largest absolute Gasteiger partial charge is 0.411 e. The van der Waals surface area contributed by atoms with Crippen LogP contribution in [0.5, 0.6) is 0 Å². The number of aromatic nitrogens is 2. The van der Waals surface area contributed by atoms with Gasteiger partial charge in [-0.3, -0.25) is 4.79 Å². The van der Waals surface area contributed by atoms with Crippen molar-refractivity contribution in [3.8, 4) is 11.5 Å². The zero-order chi connectivity index (χ0) is 18.5. The predicted octanol–water partition coefficient (Wildman–Crippen LogP) is 4.40. The van der Waals surface area contributed by atoms with Gasteiger partial charge in [0.15, 0.2) is 0 Å². The number of amides is 1. The highest BCUT2D eigenvalue weighted by Gasteiger charge is 2.20. The number of hydrogen-bond donors (Lipinski definition) is 1. The minimum atomic E-state index is -0.341. The van der Waals surface area contributed by atoms with Gasteiger partial charge >= 0.3 is 0 Å². The van der Waals surface area contributed by atoms with E-state index in [2.05, 4.69) is 15.5 Å². The number of thioether (sulfide) groups is 1. The third-order valence-electron chi connectivity index (χ3n) is 4.09. The molecule has 0 fully saturated rings. The summed E-state index contributed by atoms with van der Waals surface area (Å²) in [6.45, 7) is 5.79. The van der Waals surface area contributed by atoms with Gasteiger partial charge in [-0.15, -0.1) is 10.2 Å². The van der Waals surface area contributed by atoms with E-state index < -0.39 is 0 Å². The number of nitrogens with zero attached hydrogens (tertiary/aromatic N) is 2. The summed E-state index contributed by atoms with van der Waals surface area (Å²) in [5.74, 6) is 0.401. The van der Waals surface area contributed by atoms with Crippen molar-refractivity contribution in [3.63, 3.8) is 0 Å². The van der Waals surface area contributed by atoms with Crippen molar-refractivity contribution in [3.05, 3.63) is 65.7 Å². The Labute approximate surface area is 157 Å². The van der Waals surface area contributed by atoms with Gasteiger partial charge in [-0.25, -0.2) is 0 Å². The number of carbonyl (C=O) groups is 1. The number of aryl methyl sites for hydroxylation is 1. The Kier molecular flexibility index (Phi) is 5.73. The molecule has 0 saturated heterocycles. The summed E-state index contributed by atoms with van der Waals surface area (Å²) in [5.41, 5.74) is 3.04. The number of rotatable bonds is 6. The minimum absolute atomic E-state index is 0.0584. The van der Waals surface area contributed by atoms with E-state index in [1.807, 2.05) is 75.4 Å². The van der Waals surface area contributed by atoms with Crippen molar-refractivity contribution in [2.75, 3.05) is 0 Å². The van der Waals surface area contributed by atoms with Crippen LogP contribution in [0.15, 0.2) is 64.2 Å². The molecule has 3 rings (SSSR count). The summed E-state index contributed by atoms with van der Waals surface area (Å²) < 4.78 is 5.72. The fraction of sp³-hybridized carbons (Fsp3) is 0.250. The maximum absolute atomic E-state index is 12.4. The highest BCUT2D eigenvalue weighted by molar-refractivity contribution is 8.00. The van der Waals surface area contributed by atoms with E-state index in [0.717, 1.165) is 16.7 Å². The van der Waals surface area contributed by atoms with E-state index in [9.17, 15) is 4.79 Å². The Morgan fingerprint density at radius 2 is 1.73 bits per heavy atom. The second-order valence-corrected chi connectivity index (χ2v) is 7.38. The van der Waals surface area contributed by atoms with Crippen LogP contribution in [0.4, 0.5) is 0 Å². The normalized spacial score (nSPS) is 13.2. The maximum Gasteiger partial charge on any atom is 0.277 e. The van der Waals surface area contributed by atoms with Crippen LogP contribution in [0, 0.1) is 6.92 Å². The molecule has 5 nitrogen and oxygen atoms in total. The van der Waals surface area contributed by atoms with E-state index in [1.54, 1.807) is 0 Å². The first-order valence-corrected chi connectivity index (χ1v) is 9.34. The third kappa shape index (κ3) is 4.32. The second kappa shape index (κ2) is 8.19. The van der Waals surface area contributed by atoms with Crippen molar-refractivity contribution in [1.29, 1.82) is 0 Å². The lowest BCUT2D eigenvalue weighted by Crippen LogP contribution is -2.33. The molecular formula is C20H21N3O2S. The molecule has 0 radical (unpaired) electrons. The standard InChI is InChI=1S/C20H21N3O2S/c1-13-9-7-8-12-17(13)19-22-23-20(25-19)26-15(3)18(24)21-14(2)16-10-5-4-6-11-16/h4-12,14-15H,1-3H3,(H,21,24). The van der Waals surface area contributed by atoms with Crippen LogP contribution in [0.25, 0.3) is 11.5 Å². The van der Waals surface area contributed by atoms with Gasteiger partial charge in [0.1, 0.15) is 0 Å². The maximum atomic E-state index is 12.4. The van der Waals surface area contributed by atoms with Crippen LogP contribution in [-0.2, 0) is 4.79 Å². The van der Waals surface area contributed by atoms with Crippen LogP contribution >= 0.6 is 11.8 Å². The molecule has 26 heavy (non-hydrogen) atoms. The molecule has 1 aromatic heterocycles. The van der Waals surface area contributed by atoms with Crippen molar-refractivity contribution in [2.45, 2.75) is 37.3 Å². The van der Waals surface area contributed by atoms with Gasteiger partial charge in [0, 0.05) is 5.56 Å². The lowest BCUT2D eigenvalue weighted by Gasteiger charge is -2.16. The van der Waals surface area contributed by atoms with Crippen LogP contribution < -0.4 is 5.32 Å². The Hall–Kier alpha value is -2.60. The van der Waals surface area contributed by atoms with Gasteiger partial charge in [0.25, 0.3) is 5.22 Å². The molecule has 0 bridgehead atoms. The summed E-state index contributed by atoms with van der Waals surface area (Å²) in [6.07, 6.45) is 0. The molecule has 0 saturated carbocycles. The predicted molar refractivity (Wildman–Crippen MR) is 103 cm³/mol. The van der Waals surface area contributed by atoms with Crippen molar-refractivity contribution in [2.24, 2.45) is 0 Å². The van der Waals surface area contributed by atoms with Gasteiger partial charge in [-0.05, 0) is 38.0 Å². The first-order chi connectivity index (χ1) is 12.5. The summed E-state index contributed by atoms with van der Waals surface area (Å²) in [4.78, 5) is 12.4. The van der Waals surface area contributed by atoms with E-state index in [4.69, 9.17) is 4.42 Å². The summed E-state index contributed by atoms with van der Waals surface area (Å²) in [7, 11) is 0. The molecule has 2 atom stereocenters. The summed E-state index contributed by atoms with van der Waals surface area (Å²) in [5, 5.41) is 11.2. The molecule has 1 amide bonds. The molecule has 0 spiro atoms. The summed E-state index contributed by atoms with van der Waals surface area (Å²) in [6, 6.07) is 17.6. The van der Waals surface area contributed by atoms with Crippen LogP contribution in [0.3, 0.4) is 0 Å². The fourth-order valence-corrected chi connectivity index (χ4v) is 3.23. The van der Waals surface area contributed by atoms with E-state index in [0.29, 0.717) is 11.1 Å². The zero-order valence-corrected chi connectivity index (χ0v) is 15.8. The first kappa shape index (κ1) is 18.2. The van der Waals surface area contributed by atoms with Gasteiger partial charge in [-0.1, -0.05) is 60.3 Å². The van der Waals surface area contributed by atoms with Gasteiger partial charge in [0.2, 0.25) is 11.8 Å². The van der Waals surface area contributed by atoms with Crippen molar-refractivity contribution in [1.82, 2.24) is 15.5 Å². The van der Waals surface area contributed by atoms with Crippen molar-refractivity contribution >= 4 is 17.7 Å². The molecule has 1 N–H and O–H groups in total. The topological polar surface area (TPSA) is 68.0 Å². The minimum Gasteiger partial charge on any atom is -0.411 e. The van der Waals surface area contributed by atoms with Gasteiger partial charge < -0.3 is 9.73 Å². The Bertz CT molecular complexity index is 880. The smallest absolute Gasteiger partial charge is 0.277 e.